The molecule has 0 amide bonds. The molecular weight excluding hydrogens is 350 g/mol. The van der Waals surface area contributed by atoms with Crippen molar-refractivity contribution in [2.75, 3.05) is 0 Å². The van der Waals surface area contributed by atoms with Gasteiger partial charge in [0.05, 0.1) is 5.69 Å². The number of hydrogen-bond acceptors (Lipinski definition) is 1. The summed E-state index contributed by atoms with van der Waals surface area (Å²) in [6, 6.07) is 35.5. The van der Waals surface area contributed by atoms with Gasteiger partial charge in [-0.15, -0.1) is 0 Å². The molecule has 0 spiro atoms. The number of pyridine rings is 1. The molecule has 0 saturated carbocycles. The Morgan fingerprint density at radius 3 is 2.17 bits per heavy atom. The molecular formula is C28H21N. The van der Waals surface area contributed by atoms with E-state index in [1.807, 2.05) is 91.1 Å². The molecule has 5 rings (SSSR count). The number of aromatic nitrogens is 1. The topological polar surface area (TPSA) is 12.9 Å². The van der Waals surface area contributed by atoms with Crippen LogP contribution in [0.5, 0.6) is 0 Å². The van der Waals surface area contributed by atoms with Crippen LogP contribution >= 0.6 is 0 Å². The predicted octanol–water partition coefficient (Wildman–Crippen LogP) is 7.16. The average molecular weight is 373 g/mol. The Balaban J connectivity index is 1.76. The van der Waals surface area contributed by atoms with Crippen molar-refractivity contribution in [1.29, 1.82) is 0 Å². The molecule has 0 unspecified atom stereocenters. The van der Waals surface area contributed by atoms with Crippen molar-refractivity contribution < 1.29 is 2.74 Å². The fraction of sp³-hybridized carbons (Fsp3) is 0.0357. The molecule has 1 nitrogen and oxygen atoms in total. The molecule has 29 heavy (non-hydrogen) atoms. The molecule has 0 aliphatic rings. The summed E-state index contributed by atoms with van der Waals surface area (Å²) in [6.45, 7) is 0. The number of hydrogen-bond donors (Lipinski definition) is 0. The van der Waals surface area contributed by atoms with Crippen LogP contribution in [0.2, 0.25) is 0 Å². The molecule has 1 aromatic heterocycles. The number of nitrogens with zero attached hydrogens (tertiary/aromatic N) is 1. The molecule has 0 atom stereocenters. The van der Waals surface area contributed by atoms with Crippen molar-refractivity contribution in [3.8, 4) is 22.4 Å². The van der Waals surface area contributed by atoms with Crippen LogP contribution in [-0.4, -0.2) is 4.98 Å². The van der Waals surface area contributed by atoms with Crippen LogP contribution in [-0.2, 0) is 6.37 Å². The molecule has 0 bridgehead atoms. The van der Waals surface area contributed by atoms with Crippen molar-refractivity contribution in [2.45, 2.75) is 6.37 Å². The van der Waals surface area contributed by atoms with Crippen molar-refractivity contribution in [2.24, 2.45) is 0 Å². The second kappa shape index (κ2) is 7.73. The second-order valence-corrected chi connectivity index (χ2v) is 7.00. The van der Waals surface area contributed by atoms with Gasteiger partial charge in [0, 0.05) is 20.1 Å². The van der Waals surface area contributed by atoms with Gasteiger partial charge in [0.25, 0.3) is 0 Å². The van der Waals surface area contributed by atoms with Crippen molar-refractivity contribution in [1.82, 2.24) is 4.98 Å². The summed E-state index contributed by atoms with van der Waals surface area (Å²) in [5, 5.41) is 2.25. The van der Waals surface area contributed by atoms with Crippen LogP contribution in [0.25, 0.3) is 33.2 Å². The lowest BCUT2D eigenvalue weighted by Gasteiger charge is -2.13. The Hall–Kier alpha value is -3.71. The van der Waals surface area contributed by atoms with E-state index in [1.54, 1.807) is 0 Å². The molecule has 1 heteroatoms. The summed E-state index contributed by atoms with van der Waals surface area (Å²) in [6.07, 6.45) is 0.136. The Labute approximate surface area is 174 Å². The van der Waals surface area contributed by atoms with Crippen molar-refractivity contribution in [3.63, 3.8) is 0 Å². The summed E-state index contributed by atoms with van der Waals surface area (Å²) in [5.74, 6) is 0. The van der Waals surface area contributed by atoms with E-state index in [2.05, 4.69) is 24.3 Å². The fourth-order valence-electron chi connectivity index (χ4n) is 3.68. The van der Waals surface area contributed by atoms with Gasteiger partial charge in [-0.05, 0) is 39.9 Å². The molecule has 0 fully saturated rings. The van der Waals surface area contributed by atoms with E-state index in [-0.39, 0.29) is 0 Å². The van der Waals surface area contributed by atoms with Gasteiger partial charge in [-0.2, -0.15) is 0 Å². The van der Waals surface area contributed by atoms with E-state index in [9.17, 15) is 0 Å². The quantitative estimate of drug-likeness (QED) is 0.326. The number of fused-ring (bicyclic) bond motifs is 1. The molecule has 0 radical (unpaired) electrons. The minimum Gasteiger partial charge on any atom is -0.256 e. The highest BCUT2D eigenvalue weighted by molar-refractivity contribution is 5.96. The Bertz CT molecular complexity index is 1340. The van der Waals surface area contributed by atoms with E-state index in [4.69, 9.17) is 7.73 Å². The highest BCUT2D eigenvalue weighted by Gasteiger charge is 2.11. The fourth-order valence-corrected chi connectivity index (χ4v) is 3.68. The van der Waals surface area contributed by atoms with Gasteiger partial charge in [0.15, 0.2) is 0 Å². The van der Waals surface area contributed by atoms with Gasteiger partial charge in [-0.25, -0.2) is 0 Å². The van der Waals surface area contributed by atoms with Crippen LogP contribution in [0.15, 0.2) is 115 Å². The maximum atomic E-state index is 9.06. The van der Waals surface area contributed by atoms with Gasteiger partial charge in [0.2, 0.25) is 0 Å². The van der Waals surface area contributed by atoms with Crippen LogP contribution in [0, 0.1) is 0 Å². The zero-order chi connectivity index (χ0) is 21.3. The van der Waals surface area contributed by atoms with Crippen LogP contribution in [0.3, 0.4) is 0 Å². The van der Waals surface area contributed by atoms with Crippen molar-refractivity contribution in [3.05, 3.63) is 127 Å². The van der Waals surface area contributed by atoms with Crippen LogP contribution in [0.1, 0.15) is 13.9 Å². The normalized spacial score (nSPS) is 12.4. The summed E-state index contributed by atoms with van der Waals surface area (Å²) in [4.78, 5) is 4.78. The van der Waals surface area contributed by atoms with E-state index in [0.29, 0.717) is 11.1 Å². The lowest BCUT2D eigenvalue weighted by Crippen LogP contribution is -1.96. The molecule has 5 aromatic rings. The minimum atomic E-state index is -1.67. The number of benzene rings is 4. The zero-order valence-electron chi connectivity index (χ0n) is 17.9. The van der Waals surface area contributed by atoms with Gasteiger partial charge in [-0.1, -0.05) is 103 Å². The lowest BCUT2D eigenvalue weighted by atomic mass is 9.94. The first kappa shape index (κ1) is 15.2. The van der Waals surface area contributed by atoms with Gasteiger partial charge in [0.1, 0.15) is 0 Å². The Morgan fingerprint density at radius 2 is 1.34 bits per heavy atom. The Kier molecular flexibility index (Phi) is 4.06. The molecule has 1 heterocycles. The van der Waals surface area contributed by atoms with Gasteiger partial charge < -0.3 is 0 Å². The van der Waals surface area contributed by atoms with Gasteiger partial charge >= 0.3 is 0 Å². The predicted molar refractivity (Wildman–Crippen MR) is 122 cm³/mol. The van der Waals surface area contributed by atoms with Crippen molar-refractivity contribution >= 4 is 10.8 Å². The van der Waals surface area contributed by atoms with E-state index < -0.39 is 6.37 Å². The first-order valence-corrected chi connectivity index (χ1v) is 9.74. The minimum absolute atomic E-state index is 0.614. The smallest absolute Gasteiger partial charge is 0.0711 e. The highest BCUT2D eigenvalue weighted by atomic mass is 14.7. The SMILES string of the molecule is [2H]C([2H])(c1ccccc1)c1cc(-c2cccc3ccccc23)ncc1-c1ccccc1. The summed E-state index contributed by atoms with van der Waals surface area (Å²) in [5.41, 5.74) is 4.77. The molecule has 0 N–H and O–H groups in total. The monoisotopic (exact) mass is 373 g/mol. The maximum absolute atomic E-state index is 9.06. The highest BCUT2D eigenvalue weighted by Crippen LogP contribution is 2.32. The first-order chi connectivity index (χ1) is 15.1. The summed E-state index contributed by atoms with van der Waals surface area (Å²) in [7, 11) is 0. The van der Waals surface area contributed by atoms with E-state index >= 15 is 0 Å². The van der Waals surface area contributed by atoms with Crippen LogP contribution < -0.4 is 0 Å². The Morgan fingerprint density at radius 1 is 0.655 bits per heavy atom. The molecule has 4 aromatic carbocycles. The van der Waals surface area contributed by atoms with E-state index in [1.165, 1.54) is 0 Å². The van der Waals surface area contributed by atoms with Gasteiger partial charge in [-0.3, -0.25) is 4.98 Å². The van der Waals surface area contributed by atoms with Crippen LogP contribution in [0.4, 0.5) is 0 Å². The average Bonchev–Trinajstić information content (AvgIpc) is 2.84. The summed E-state index contributed by atoms with van der Waals surface area (Å²) >= 11 is 0. The third-order valence-electron chi connectivity index (χ3n) is 5.11. The molecule has 0 saturated heterocycles. The van der Waals surface area contributed by atoms with E-state index in [0.717, 1.165) is 33.2 Å². The lowest BCUT2D eigenvalue weighted by molar-refractivity contribution is 1.17. The second-order valence-electron chi connectivity index (χ2n) is 7.00. The molecule has 0 aliphatic carbocycles. The molecule has 138 valence electrons. The largest absolute Gasteiger partial charge is 0.256 e. The number of rotatable bonds is 4. The third kappa shape index (κ3) is 3.55. The standard InChI is InChI=1S/C28H21N/c1-3-10-21(11-4-1)18-24-19-28(29-20-27(24)23-12-5-2-6-13-23)26-17-9-15-22-14-7-8-16-25(22)26/h1-17,19-20H,18H2/i18D2. The summed E-state index contributed by atoms with van der Waals surface area (Å²) < 4.78 is 18.1. The zero-order valence-corrected chi connectivity index (χ0v) is 15.9. The third-order valence-corrected chi connectivity index (χ3v) is 5.11. The first-order valence-electron chi connectivity index (χ1n) is 10.7. The maximum Gasteiger partial charge on any atom is 0.0711 e. The molecule has 0 aliphatic heterocycles.